The number of fused-ring (bicyclic) bond motifs is 2. The van der Waals surface area contributed by atoms with E-state index < -0.39 is 0 Å². The van der Waals surface area contributed by atoms with Crippen LogP contribution in [0.25, 0.3) is 31.0 Å². The summed E-state index contributed by atoms with van der Waals surface area (Å²) in [7, 11) is 0. The smallest absolute Gasteiger partial charge is 0.172 e. The predicted octanol–water partition coefficient (Wildman–Crippen LogP) is 4.81. The number of aromatic nitrogens is 2. The first-order valence-electron chi connectivity index (χ1n) is 5.91. The van der Waals surface area contributed by atoms with Gasteiger partial charge in [-0.15, -0.1) is 22.7 Å². The van der Waals surface area contributed by atoms with Gasteiger partial charge in [0.15, 0.2) is 5.82 Å². The number of thiophene rings is 2. The van der Waals surface area contributed by atoms with Crippen LogP contribution in [0.4, 0.5) is 5.82 Å². The summed E-state index contributed by atoms with van der Waals surface area (Å²) in [6, 6.07) is 9.67. The van der Waals surface area contributed by atoms with E-state index in [0.717, 1.165) is 15.8 Å². The van der Waals surface area contributed by atoms with E-state index >= 15 is 0 Å². The zero-order chi connectivity index (χ0) is 13.7. The molecule has 3 heterocycles. The highest BCUT2D eigenvalue weighted by Crippen LogP contribution is 2.36. The molecular formula is C14H8ClN3S2. The van der Waals surface area contributed by atoms with Crippen molar-refractivity contribution in [2.75, 3.05) is 5.73 Å². The van der Waals surface area contributed by atoms with E-state index in [4.69, 9.17) is 17.3 Å². The summed E-state index contributed by atoms with van der Waals surface area (Å²) in [6.07, 6.45) is 0. The third kappa shape index (κ3) is 1.86. The van der Waals surface area contributed by atoms with Gasteiger partial charge in [-0.25, -0.2) is 9.97 Å². The van der Waals surface area contributed by atoms with Crippen molar-refractivity contribution in [1.29, 1.82) is 0 Å². The number of hydrogen-bond donors (Lipinski definition) is 1. The van der Waals surface area contributed by atoms with Crippen molar-refractivity contribution >= 4 is 60.4 Å². The average Bonchev–Trinajstić information content (AvgIpc) is 2.98. The highest BCUT2D eigenvalue weighted by Gasteiger charge is 2.11. The quantitative estimate of drug-likeness (QED) is 0.548. The molecule has 0 radical (unpaired) electrons. The lowest BCUT2D eigenvalue weighted by Crippen LogP contribution is -1.96. The van der Waals surface area contributed by atoms with Crippen LogP contribution in [0, 0.1) is 0 Å². The Balaban J connectivity index is 1.97. The average molecular weight is 318 g/mol. The van der Waals surface area contributed by atoms with Crippen molar-refractivity contribution in [1.82, 2.24) is 9.97 Å². The zero-order valence-corrected chi connectivity index (χ0v) is 12.5. The second-order valence-corrected chi connectivity index (χ2v) is 6.82. The lowest BCUT2D eigenvalue weighted by molar-refractivity contribution is 1.25. The Labute approximate surface area is 127 Å². The third-order valence-electron chi connectivity index (χ3n) is 3.05. The monoisotopic (exact) mass is 317 g/mol. The van der Waals surface area contributed by atoms with Gasteiger partial charge >= 0.3 is 0 Å². The van der Waals surface area contributed by atoms with E-state index in [1.807, 2.05) is 12.1 Å². The lowest BCUT2D eigenvalue weighted by atomic mass is 10.2. The molecule has 3 nitrogen and oxygen atoms in total. The maximum Gasteiger partial charge on any atom is 0.172 e. The summed E-state index contributed by atoms with van der Waals surface area (Å²) in [5, 5.41) is 3.56. The lowest BCUT2D eigenvalue weighted by Gasteiger charge is -2.04. The predicted molar refractivity (Wildman–Crippen MR) is 87.7 cm³/mol. The van der Waals surface area contributed by atoms with E-state index in [9.17, 15) is 0 Å². The molecule has 0 unspecified atom stereocenters. The van der Waals surface area contributed by atoms with Crippen LogP contribution < -0.4 is 5.73 Å². The molecule has 0 atom stereocenters. The highest BCUT2D eigenvalue weighted by molar-refractivity contribution is 7.28. The molecule has 4 rings (SSSR count). The Kier molecular flexibility index (Phi) is 2.66. The van der Waals surface area contributed by atoms with Gasteiger partial charge in [-0.2, -0.15) is 0 Å². The Bertz CT molecular complexity index is 914. The van der Waals surface area contributed by atoms with Crippen LogP contribution in [0.1, 0.15) is 0 Å². The zero-order valence-electron chi connectivity index (χ0n) is 10.1. The minimum Gasteiger partial charge on any atom is -0.383 e. The molecule has 6 heteroatoms. The van der Waals surface area contributed by atoms with Crippen LogP contribution in [-0.2, 0) is 0 Å². The number of nitrogen functional groups attached to an aromatic ring is 1. The highest BCUT2D eigenvalue weighted by atomic mass is 35.5. The van der Waals surface area contributed by atoms with E-state index in [-0.39, 0.29) is 0 Å². The van der Waals surface area contributed by atoms with Gasteiger partial charge < -0.3 is 5.73 Å². The van der Waals surface area contributed by atoms with Crippen LogP contribution in [0.15, 0.2) is 35.7 Å². The van der Waals surface area contributed by atoms with Crippen LogP contribution in [0.3, 0.4) is 0 Å². The normalized spacial score (nSPS) is 11.4. The van der Waals surface area contributed by atoms with Gasteiger partial charge in [0.2, 0.25) is 0 Å². The minimum absolute atomic E-state index is 0.485. The largest absolute Gasteiger partial charge is 0.383 e. The van der Waals surface area contributed by atoms with Crippen molar-refractivity contribution in [3.05, 3.63) is 40.7 Å². The van der Waals surface area contributed by atoms with Gasteiger partial charge in [-0.05, 0) is 35.7 Å². The molecule has 0 bridgehead atoms. The van der Waals surface area contributed by atoms with Crippen LogP contribution >= 0.6 is 34.3 Å². The molecule has 0 amide bonds. The number of nitrogens with two attached hydrogens (primary N) is 1. The molecule has 3 aromatic heterocycles. The summed E-state index contributed by atoms with van der Waals surface area (Å²) in [5.74, 6) is 1.14. The third-order valence-corrected chi connectivity index (χ3v) is 5.37. The fourth-order valence-electron chi connectivity index (χ4n) is 2.11. The van der Waals surface area contributed by atoms with Crippen molar-refractivity contribution < 1.29 is 0 Å². The fraction of sp³-hybridized carbons (Fsp3) is 0. The first-order chi connectivity index (χ1) is 9.70. The maximum absolute atomic E-state index is 6.03. The van der Waals surface area contributed by atoms with Crippen molar-refractivity contribution in [2.45, 2.75) is 0 Å². The Morgan fingerprint density at radius 3 is 2.80 bits per heavy atom. The maximum atomic E-state index is 6.03. The fourth-order valence-corrected chi connectivity index (χ4v) is 4.32. The first-order valence-corrected chi connectivity index (χ1v) is 7.98. The molecule has 2 N–H and O–H groups in total. The van der Waals surface area contributed by atoms with Crippen molar-refractivity contribution in [3.63, 3.8) is 0 Å². The van der Waals surface area contributed by atoms with E-state index in [1.54, 1.807) is 28.7 Å². The summed E-state index contributed by atoms with van der Waals surface area (Å²) >= 11 is 9.41. The molecule has 20 heavy (non-hydrogen) atoms. The number of hydrogen-bond acceptors (Lipinski definition) is 5. The number of anilines is 1. The number of benzene rings is 1. The Morgan fingerprint density at radius 2 is 1.95 bits per heavy atom. The molecule has 0 spiro atoms. The molecule has 4 aromatic rings. The van der Waals surface area contributed by atoms with E-state index in [2.05, 4.69) is 27.5 Å². The van der Waals surface area contributed by atoms with Crippen LogP contribution in [-0.4, -0.2) is 9.97 Å². The number of nitrogens with zero attached hydrogens (tertiary/aromatic N) is 2. The summed E-state index contributed by atoms with van der Waals surface area (Å²) in [5.41, 5.74) is 6.80. The second kappa shape index (κ2) is 4.41. The number of halogens is 1. The molecule has 0 saturated heterocycles. The molecular weight excluding hydrogens is 310 g/mol. The van der Waals surface area contributed by atoms with Crippen molar-refractivity contribution in [2.24, 2.45) is 0 Å². The summed E-state index contributed by atoms with van der Waals surface area (Å²) < 4.78 is 2.50. The molecule has 0 aliphatic carbocycles. The van der Waals surface area contributed by atoms with Gasteiger partial charge in [0.05, 0.1) is 10.4 Å². The van der Waals surface area contributed by atoms with Gasteiger partial charge in [-0.1, -0.05) is 11.6 Å². The standard InChI is InChI=1S/C14H8ClN3S2/c15-7-1-2-8-9(5-7)17-14(18-13(8)16)12-6-11-10(20-12)3-4-19-11/h1-6H,(H2,16,17,18). The van der Waals surface area contributed by atoms with Crippen LogP contribution in [0.5, 0.6) is 0 Å². The molecule has 0 aliphatic heterocycles. The molecule has 1 aromatic carbocycles. The number of rotatable bonds is 1. The van der Waals surface area contributed by atoms with Crippen molar-refractivity contribution in [3.8, 4) is 10.7 Å². The van der Waals surface area contributed by atoms with Gasteiger partial charge in [-0.3, -0.25) is 0 Å². The molecule has 98 valence electrons. The van der Waals surface area contributed by atoms with Gasteiger partial charge in [0.1, 0.15) is 5.82 Å². The molecule has 0 aliphatic rings. The van der Waals surface area contributed by atoms with Gasteiger partial charge in [0.25, 0.3) is 0 Å². The topological polar surface area (TPSA) is 51.8 Å². The van der Waals surface area contributed by atoms with Crippen LogP contribution in [0.2, 0.25) is 5.02 Å². The first kappa shape index (κ1) is 12.1. The Morgan fingerprint density at radius 1 is 1.05 bits per heavy atom. The summed E-state index contributed by atoms with van der Waals surface area (Å²) in [6.45, 7) is 0. The second-order valence-electron chi connectivity index (χ2n) is 4.35. The Hall–Kier alpha value is -1.69. The SMILES string of the molecule is Nc1nc(-c2cc3sccc3s2)nc2cc(Cl)ccc12. The van der Waals surface area contributed by atoms with E-state index in [1.165, 1.54) is 9.40 Å². The van der Waals surface area contributed by atoms with E-state index in [0.29, 0.717) is 16.7 Å². The summed E-state index contributed by atoms with van der Waals surface area (Å²) in [4.78, 5) is 10.0. The molecule has 0 fully saturated rings. The molecule has 0 saturated carbocycles. The van der Waals surface area contributed by atoms with Gasteiger partial charge in [0, 0.05) is 19.8 Å². The minimum atomic E-state index is 0.485.